The molecule has 0 bridgehead atoms. The van der Waals surface area contributed by atoms with Crippen LogP contribution in [0.3, 0.4) is 0 Å². The Hall–Kier alpha value is -4.41. The molecule has 39 heavy (non-hydrogen) atoms. The predicted octanol–water partition coefficient (Wildman–Crippen LogP) is 4.19. The molecule has 2 amide bonds. The zero-order chi connectivity index (χ0) is 28.8. The van der Waals surface area contributed by atoms with Crippen molar-refractivity contribution in [2.75, 3.05) is 6.61 Å². The molecule has 1 aromatic heterocycles. The van der Waals surface area contributed by atoms with Crippen molar-refractivity contribution >= 4 is 34.6 Å². The van der Waals surface area contributed by atoms with Gasteiger partial charge < -0.3 is 25.1 Å². The normalized spacial score (nSPS) is 13.7. The molecule has 0 fully saturated rings. The first-order chi connectivity index (χ1) is 18.3. The van der Waals surface area contributed by atoms with Crippen LogP contribution >= 0.6 is 0 Å². The second-order valence-electron chi connectivity index (χ2n) is 10.4. The molecule has 11 nitrogen and oxygen atoms in total. The largest absolute Gasteiger partial charge is 0.464 e. The van der Waals surface area contributed by atoms with Crippen molar-refractivity contribution < 1.29 is 28.8 Å². The van der Waals surface area contributed by atoms with Gasteiger partial charge in [0.05, 0.1) is 22.4 Å². The molecule has 0 aliphatic heterocycles. The summed E-state index contributed by atoms with van der Waals surface area (Å²) in [5.41, 5.74) is -0.699. The molecular formula is C28H34N4O7. The van der Waals surface area contributed by atoms with Gasteiger partial charge in [-0.1, -0.05) is 36.4 Å². The van der Waals surface area contributed by atoms with Gasteiger partial charge >= 0.3 is 12.1 Å². The summed E-state index contributed by atoms with van der Waals surface area (Å²) in [6.45, 7) is 8.38. The lowest BCUT2D eigenvalue weighted by molar-refractivity contribution is -0.383. The molecule has 3 aromatic rings. The highest BCUT2D eigenvalue weighted by atomic mass is 16.6. The molecule has 208 valence electrons. The van der Waals surface area contributed by atoms with Gasteiger partial charge in [0.15, 0.2) is 0 Å². The summed E-state index contributed by atoms with van der Waals surface area (Å²) in [6.07, 6.45) is 0.734. The first-order valence-corrected chi connectivity index (χ1v) is 12.6. The van der Waals surface area contributed by atoms with E-state index in [1.54, 1.807) is 52.9 Å². The number of rotatable bonds is 10. The highest BCUT2D eigenvalue weighted by Crippen LogP contribution is 2.29. The second kappa shape index (κ2) is 12.0. The number of ether oxygens (including phenoxy) is 2. The number of nitrogens with one attached hydrogen (secondary N) is 3. The number of esters is 1. The van der Waals surface area contributed by atoms with Gasteiger partial charge in [-0.25, -0.2) is 9.59 Å². The molecule has 0 radical (unpaired) electrons. The lowest BCUT2D eigenvalue weighted by atomic mass is 9.91. The average molecular weight is 539 g/mol. The van der Waals surface area contributed by atoms with Crippen LogP contribution in [0.25, 0.3) is 10.9 Å². The third kappa shape index (κ3) is 7.56. The van der Waals surface area contributed by atoms with Crippen molar-refractivity contribution in [2.24, 2.45) is 0 Å². The molecule has 0 aliphatic carbocycles. The van der Waals surface area contributed by atoms with Crippen LogP contribution in [-0.2, 0) is 31.9 Å². The summed E-state index contributed by atoms with van der Waals surface area (Å²) >= 11 is 0. The number of hydrogen-bond acceptors (Lipinski definition) is 7. The number of nitro benzene ring substituents is 1. The smallest absolute Gasteiger partial charge is 0.408 e. The number of alkyl carbamates (subject to hydrolysis) is 1. The number of nitro groups is 1. The number of aromatic amines is 1. The molecule has 11 heteroatoms. The van der Waals surface area contributed by atoms with Gasteiger partial charge in [0.25, 0.3) is 5.69 Å². The Bertz CT molecular complexity index is 1350. The highest BCUT2D eigenvalue weighted by molar-refractivity contribution is 5.95. The lowest BCUT2D eigenvalue weighted by Gasteiger charge is -2.31. The highest BCUT2D eigenvalue weighted by Gasteiger charge is 2.39. The minimum absolute atomic E-state index is 0.109. The van der Waals surface area contributed by atoms with Gasteiger partial charge in [0, 0.05) is 25.1 Å². The third-order valence-corrected chi connectivity index (χ3v) is 5.92. The van der Waals surface area contributed by atoms with E-state index in [9.17, 15) is 24.5 Å². The van der Waals surface area contributed by atoms with E-state index in [1.807, 2.05) is 30.3 Å². The topological polar surface area (TPSA) is 153 Å². The fourth-order valence-corrected chi connectivity index (χ4v) is 4.25. The van der Waals surface area contributed by atoms with E-state index in [-0.39, 0.29) is 25.1 Å². The predicted molar refractivity (Wildman–Crippen MR) is 145 cm³/mol. The fraction of sp³-hybridized carbons (Fsp3) is 0.393. The molecule has 2 aromatic carbocycles. The number of non-ortho nitro benzene ring substituents is 1. The molecule has 1 heterocycles. The van der Waals surface area contributed by atoms with Crippen LogP contribution in [-0.4, -0.2) is 51.7 Å². The maximum Gasteiger partial charge on any atom is 0.408 e. The summed E-state index contributed by atoms with van der Waals surface area (Å²) in [4.78, 5) is 53.6. The Kier molecular flexibility index (Phi) is 8.95. The fourth-order valence-electron chi connectivity index (χ4n) is 4.25. The van der Waals surface area contributed by atoms with E-state index < -0.39 is 40.1 Å². The monoisotopic (exact) mass is 538 g/mol. The van der Waals surface area contributed by atoms with E-state index in [0.29, 0.717) is 16.5 Å². The van der Waals surface area contributed by atoms with Gasteiger partial charge in [0.1, 0.15) is 17.2 Å². The molecule has 3 N–H and O–H groups in total. The Labute approximate surface area is 226 Å². The van der Waals surface area contributed by atoms with Crippen LogP contribution in [0.5, 0.6) is 0 Å². The van der Waals surface area contributed by atoms with E-state index in [1.165, 1.54) is 6.07 Å². The first-order valence-electron chi connectivity index (χ1n) is 12.6. The van der Waals surface area contributed by atoms with Crippen molar-refractivity contribution in [3.05, 3.63) is 76.0 Å². The molecular weight excluding hydrogens is 504 g/mol. The van der Waals surface area contributed by atoms with Crippen molar-refractivity contribution in [1.82, 2.24) is 15.6 Å². The lowest BCUT2D eigenvalue weighted by Crippen LogP contribution is -2.60. The molecule has 2 atom stereocenters. The van der Waals surface area contributed by atoms with Crippen molar-refractivity contribution in [2.45, 2.75) is 64.6 Å². The van der Waals surface area contributed by atoms with Crippen LogP contribution in [0.15, 0.2) is 54.7 Å². The summed E-state index contributed by atoms with van der Waals surface area (Å²) in [5.74, 6) is -1.32. The summed E-state index contributed by atoms with van der Waals surface area (Å²) in [7, 11) is 0. The summed E-state index contributed by atoms with van der Waals surface area (Å²) in [5, 5.41) is 17.3. The third-order valence-electron chi connectivity index (χ3n) is 5.92. The quantitative estimate of drug-likeness (QED) is 0.199. The average Bonchev–Trinajstić information content (AvgIpc) is 3.26. The van der Waals surface area contributed by atoms with Crippen molar-refractivity contribution in [1.29, 1.82) is 0 Å². The van der Waals surface area contributed by atoms with Crippen molar-refractivity contribution in [3.8, 4) is 0 Å². The van der Waals surface area contributed by atoms with E-state index >= 15 is 0 Å². The van der Waals surface area contributed by atoms with Crippen LogP contribution in [0.1, 0.15) is 45.7 Å². The number of nitrogens with zero attached hydrogens (tertiary/aromatic N) is 1. The number of fused-ring (bicyclic) bond motifs is 1. The molecule has 0 saturated heterocycles. The van der Waals surface area contributed by atoms with Crippen LogP contribution in [0, 0.1) is 10.1 Å². The summed E-state index contributed by atoms with van der Waals surface area (Å²) in [6, 6.07) is 12.5. The van der Waals surface area contributed by atoms with Gasteiger partial charge in [0.2, 0.25) is 5.91 Å². The Morgan fingerprint density at radius 2 is 1.74 bits per heavy atom. The SMILES string of the molecule is CCOC(=O)C(C)(Cc1ccccc1)NC(=O)C(Cc1c[nH]c2cccc([N+](=O)[O-])c12)NC(=O)OC(C)(C)C. The standard InChI is InChI=1S/C28H34N4O7/c1-6-38-25(34)28(5,16-18-11-8-7-9-12-18)31-24(33)21(30-26(35)39-27(2,3)4)15-19-17-29-20-13-10-14-22(23(19)20)32(36)37/h7-14,17,21,29H,6,15-16H2,1-5H3,(H,30,35)(H,31,33). The van der Waals surface area contributed by atoms with E-state index in [2.05, 4.69) is 15.6 Å². The second-order valence-corrected chi connectivity index (χ2v) is 10.4. The number of aromatic nitrogens is 1. The van der Waals surface area contributed by atoms with Crippen LogP contribution in [0.4, 0.5) is 10.5 Å². The molecule has 2 unspecified atom stereocenters. The van der Waals surface area contributed by atoms with Gasteiger partial charge in [-0.3, -0.25) is 14.9 Å². The number of benzene rings is 2. The molecule has 0 spiro atoms. The Morgan fingerprint density at radius 1 is 1.05 bits per heavy atom. The number of amides is 2. The number of carbonyl (C=O) groups is 3. The molecule has 0 saturated carbocycles. The maximum absolute atomic E-state index is 13.7. The number of hydrogen-bond donors (Lipinski definition) is 3. The maximum atomic E-state index is 13.7. The zero-order valence-electron chi connectivity index (χ0n) is 22.7. The number of carbonyl (C=O) groups excluding carboxylic acids is 3. The van der Waals surface area contributed by atoms with E-state index in [4.69, 9.17) is 9.47 Å². The van der Waals surface area contributed by atoms with Crippen LogP contribution < -0.4 is 10.6 Å². The minimum atomic E-state index is -1.46. The minimum Gasteiger partial charge on any atom is -0.464 e. The first kappa shape index (κ1) is 29.2. The molecule has 0 aliphatic rings. The van der Waals surface area contributed by atoms with Crippen LogP contribution in [0.2, 0.25) is 0 Å². The van der Waals surface area contributed by atoms with E-state index in [0.717, 1.165) is 5.56 Å². The van der Waals surface area contributed by atoms with Gasteiger partial charge in [-0.2, -0.15) is 0 Å². The van der Waals surface area contributed by atoms with Gasteiger partial charge in [-0.05, 0) is 51.8 Å². The Balaban J connectivity index is 1.97. The number of H-pyrrole nitrogens is 1. The van der Waals surface area contributed by atoms with Gasteiger partial charge in [-0.15, -0.1) is 0 Å². The zero-order valence-corrected chi connectivity index (χ0v) is 22.7. The molecule has 3 rings (SSSR count). The summed E-state index contributed by atoms with van der Waals surface area (Å²) < 4.78 is 10.6. The Morgan fingerprint density at radius 3 is 2.36 bits per heavy atom. The van der Waals surface area contributed by atoms with Crippen molar-refractivity contribution in [3.63, 3.8) is 0 Å².